The SMILES string of the molecule is CCCCCCCCCCC/C=C\C/C=C\CCCCCCCCCCCC(=O)NC(COC1OC(CO)C(O)C(O)C1O)C(O)CCCCCCCCCCCCCCCC. The number of allylic oxidation sites excluding steroid dienone is 4. The van der Waals surface area contributed by atoms with Gasteiger partial charge >= 0.3 is 0 Å². The monoisotopic (exact) mass is 880 g/mol. The zero-order valence-electron chi connectivity index (χ0n) is 40.4. The number of hydrogen-bond acceptors (Lipinski definition) is 8. The first kappa shape index (κ1) is 58.7. The molecule has 6 N–H and O–H groups in total. The van der Waals surface area contributed by atoms with Crippen molar-refractivity contribution in [2.24, 2.45) is 0 Å². The number of carbonyl (C=O) groups excluding carboxylic acids is 1. The average molecular weight is 880 g/mol. The van der Waals surface area contributed by atoms with Crippen LogP contribution in [-0.4, -0.2) is 87.5 Å². The Morgan fingerprint density at radius 3 is 1.39 bits per heavy atom. The van der Waals surface area contributed by atoms with Gasteiger partial charge in [0.15, 0.2) is 6.29 Å². The van der Waals surface area contributed by atoms with Crippen molar-refractivity contribution in [3.05, 3.63) is 24.3 Å². The molecule has 0 aromatic carbocycles. The molecule has 0 aromatic rings. The van der Waals surface area contributed by atoms with Gasteiger partial charge < -0.3 is 40.3 Å². The molecule has 0 aliphatic carbocycles. The third kappa shape index (κ3) is 33.2. The van der Waals surface area contributed by atoms with Crippen LogP contribution in [-0.2, 0) is 14.3 Å². The third-order valence-electron chi connectivity index (χ3n) is 12.8. The van der Waals surface area contributed by atoms with Gasteiger partial charge in [0, 0.05) is 6.42 Å². The highest BCUT2D eigenvalue weighted by atomic mass is 16.7. The van der Waals surface area contributed by atoms with E-state index in [1.54, 1.807) is 0 Å². The van der Waals surface area contributed by atoms with Crippen molar-refractivity contribution < 1.29 is 39.8 Å². The van der Waals surface area contributed by atoms with Gasteiger partial charge in [-0.2, -0.15) is 0 Å². The molecule has 1 fully saturated rings. The maximum absolute atomic E-state index is 13.0. The molecule has 1 amide bonds. The molecule has 9 heteroatoms. The topological polar surface area (TPSA) is 149 Å². The number of carbonyl (C=O) groups is 1. The summed E-state index contributed by atoms with van der Waals surface area (Å²) >= 11 is 0. The lowest BCUT2D eigenvalue weighted by Gasteiger charge is -2.40. The fraction of sp³-hybridized carbons (Fsp3) is 0.906. The summed E-state index contributed by atoms with van der Waals surface area (Å²) in [6.45, 7) is 3.85. The molecule has 1 aliphatic rings. The molecule has 366 valence electrons. The number of nitrogens with one attached hydrogen (secondary N) is 1. The summed E-state index contributed by atoms with van der Waals surface area (Å²) in [5, 5.41) is 54.5. The molecule has 9 nitrogen and oxygen atoms in total. The first-order chi connectivity index (χ1) is 30.3. The quantitative estimate of drug-likeness (QED) is 0.0262. The normalized spacial score (nSPS) is 20.4. The summed E-state index contributed by atoms with van der Waals surface area (Å²) in [6.07, 6.45) is 46.2. The van der Waals surface area contributed by atoms with E-state index in [1.165, 1.54) is 180 Å². The number of hydrogen-bond donors (Lipinski definition) is 6. The van der Waals surface area contributed by atoms with E-state index in [-0.39, 0.29) is 12.5 Å². The van der Waals surface area contributed by atoms with Crippen molar-refractivity contribution >= 4 is 5.91 Å². The highest BCUT2D eigenvalue weighted by Gasteiger charge is 2.44. The Bertz CT molecular complexity index is 1020. The molecule has 7 unspecified atom stereocenters. The minimum absolute atomic E-state index is 0.138. The Hall–Kier alpha value is -1.33. The van der Waals surface area contributed by atoms with Crippen LogP contribution < -0.4 is 5.32 Å². The fourth-order valence-corrected chi connectivity index (χ4v) is 8.55. The van der Waals surface area contributed by atoms with Crippen LogP contribution in [0.4, 0.5) is 0 Å². The van der Waals surface area contributed by atoms with Crippen molar-refractivity contribution in [2.75, 3.05) is 13.2 Å². The van der Waals surface area contributed by atoms with Crippen LogP contribution in [0.15, 0.2) is 24.3 Å². The number of rotatable bonds is 45. The van der Waals surface area contributed by atoms with Gasteiger partial charge in [0.1, 0.15) is 24.4 Å². The van der Waals surface area contributed by atoms with E-state index in [1.807, 2.05) is 0 Å². The van der Waals surface area contributed by atoms with Crippen LogP contribution in [0.2, 0.25) is 0 Å². The molecular formula is C53H101NO8. The predicted octanol–water partition coefficient (Wildman–Crippen LogP) is 12.2. The summed E-state index contributed by atoms with van der Waals surface area (Å²) in [4.78, 5) is 13.0. The minimum Gasteiger partial charge on any atom is -0.394 e. The summed E-state index contributed by atoms with van der Waals surface area (Å²) < 4.78 is 11.3. The number of aliphatic hydroxyl groups excluding tert-OH is 5. The van der Waals surface area contributed by atoms with E-state index in [4.69, 9.17) is 9.47 Å². The second-order valence-electron chi connectivity index (χ2n) is 18.7. The Morgan fingerprint density at radius 1 is 0.548 bits per heavy atom. The predicted molar refractivity (Wildman–Crippen MR) is 258 cm³/mol. The van der Waals surface area contributed by atoms with Crippen LogP contribution in [0.25, 0.3) is 0 Å². The van der Waals surface area contributed by atoms with Crippen LogP contribution >= 0.6 is 0 Å². The molecule has 7 atom stereocenters. The van der Waals surface area contributed by atoms with Crippen LogP contribution in [0.5, 0.6) is 0 Å². The second kappa shape index (κ2) is 43.6. The Balaban J connectivity index is 2.22. The Morgan fingerprint density at radius 2 is 0.952 bits per heavy atom. The first-order valence-electron chi connectivity index (χ1n) is 26.5. The lowest BCUT2D eigenvalue weighted by atomic mass is 9.99. The van der Waals surface area contributed by atoms with Gasteiger partial charge in [-0.25, -0.2) is 0 Å². The fourth-order valence-electron chi connectivity index (χ4n) is 8.55. The molecule has 0 saturated carbocycles. The van der Waals surface area contributed by atoms with Gasteiger partial charge in [-0.1, -0.05) is 224 Å². The van der Waals surface area contributed by atoms with Crippen molar-refractivity contribution in [3.8, 4) is 0 Å². The van der Waals surface area contributed by atoms with Gasteiger partial charge in [0.2, 0.25) is 5.91 Å². The van der Waals surface area contributed by atoms with E-state index >= 15 is 0 Å². The van der Waals surface area contributed by atoms with Crippen molar-refractivity contribution in [3.63, 3.8) is 0 Å². The molecule has 0 radical (unpaired) electrons. The smallest absolute Gasteiger partial charge is 0.220 e. The summed E-state index contributed by atoms with van der Waals surface area (Å²) in [6, 6.07) is -0.719. The average Bonchev–Trinajstić information content (AvgIpc) is 3.27. The maximum Gasteiger partial charge on any atom is 0.220 e. The van der Waals surface area contributed by atoms with Crippen LogP contribution in [0, 0.1) is 0 Å². The molecule has 1 aliphatic heterocycles. The van der Waals surface area contributed by atoms with Crippen molar-refractivity contribution in [1.82, 2.24) is 5.32 Å². The van der Waals surface area contributed by atoms with Gasteiger partial charge in [0.25, 0.3) is 0 Å². The molecule has 1 heterocycles. The summed E-state index contributed by atoms with van der Waals surface area (Å²) in [5.41, 5.74) is 0. The van der Waals surface area contributed by atoms with Crippen LogP contribution in [0.3, 0.4) is 0 Å². The lowest BCUT2D eigenvalue weighted by molar-refractivity contribution is -0.302. The number of ether oxygens (including phenoxy) is 2. The van der Waals surface area contributed by atoms with Crippen molar-refractivity contribution in [2.45, 2.75) is 294 Å². The first-order valence-corrected chi connectivity index (χ1v) is 26.5. The summed E-state index contributed by atoms with van der Waals surface area (Å²) in [5.74, 6) is -0.147. The number of amides is 1. The molecule has 0 aromatic heterocycles. The zero-order chi connectivity index (χ0) is 45.1. The van der Waals surface area contributed by atoms with E-state index in [0.717, 1.165) is 44.9 Å². The largest absolute Gasteiger partial charge is 0.394 e. The van der Waals surface area contributed by atoms with E-state index < -0.39 is 49.5 Å². The van der Waals surface area contributed by atoms with E-state index in [0.29, 0.717) is 12.8 Å². The minimum atomic E-state index is -1.55. The molecule has 0 bridgehead atoms. The van der Waals surface area contributed by atoms with E-state index in [2.05, 4.69) is 43.5 Å². The molecular weight excluding hydrogens is 779 g/mol. The van der Waals surface area contributed by atoms with E-state index in [9.17, 15) is 30.3 Å². The highest BCUT2D eigenvalue weighted by molar-refractivity contribution is 5.76. The van der Waals surface area contributed by atoms with Crippen molar-refractivity contribution in [1.29, 1.82) is 0 Å². The molecule has 1 rings (SSSR count). The molecule has 1 saturated heterocycles. The molecule has 0 spiro atoms. The van der Waals surface area contributed by atoms with Gasteiger partial charge in [0.05, 0.1) is 25.4 Å². The maximum atomic E-state index is 13.0. The zero-order valence-corrected chi connectivity index (χ0v) is 40.4. The van der Waals surface area contributed by atoms with Gasteiger partial charge in [-0.15, -0.1) is 0 Å². The highest BCUT2D eigenvalue weighted by Crippen LogP contribution is 2.23. The molecule has 62 heavy (non-hydrogen) atoms. The van der Waals surface area contributed by atoms with Gasteiger partial charge in [-0.05, 0) is 44.9 Å². The Labute approximate surface area is 381 Å². The Kier molecular flexibility index (Phi) is 41.2. The third-order valence-corrected chi connectivity index (χ3v) is 12.8. The second-order valence-corrected chi connectivity index (χ2v) is 18.7. The summed E-state index contributed by atoms with van der Waals surface area (Å²) in [7, 11) is 0. The number of unbranched alkanes of at least 4 members (excludes halogenated alkanes) is 31. The standard InChI is InChI=1S/C53H101NO8/c1-3-5-7-9-11-13-15-17-19-20-21-22-23-24-25-26-27-28-29-31-33-35-37-39-41-43-49(57)54-46(45-61-53-52(60)51(59)50(58)48(44-55)62-53)47(56)42-40-38-36-34-32-30-18-16-14-12-10-8-6-4-2/h21-22,24-25,46-48,50-53,55-56,58-60H,3-20,23,26-45H2,1-2H3,(H,54,57)/b22-21-,25-24-. The lowest BCUT2D eigenvalue weighted by Crippen LogP contribution is -2.60. The van der Waals surface area contributed by atoms with Crippen LogP contribution in [0.1, 0.15) is 251 Å². The van der Waals surface area contributed by atoms with Gasteiger partial charge in [-0.3, -0.25) is 4.79 Å². The number of aliphatic hydroxyl groups is 5.